The van der Waals surface area contributed by atoms with Crippen LogP contribution in [0.1, 0.15) is 75.0 Å². The highest BCUT2D eigenvalue weighted by molar-refractivity contribution is 5.69. The van der Waals surface area contributed by atoms with Gasteiger partial charge in [0.25, 0.3) is 0 Å². The smallest absolute Gasteiger partial charge is 0.305 e. The van der Waals surface area contributed by atoms with Crippen molar-refractivity contribution in [2.75, 3.05) is 7.11 Å². The second-order valence-corrected chi connectivity index (χ2v) is 6.86. The maximum Gasteiger partial charge on any atom is 0.305 e. The maximum atomic E-state index is 11.1. The molecule has 128 valence electrons. The topological polar surface area (TPSA) is 52.3 Å². The van der Waals surface area contributed by atoms with E-state index in [0.717, 1.165) is 25.2 Å². The summed E-state index contributed by atoms with van der Waals surface area (Å²) < 4.78 is 4.66. The van der Waals surface area contributed by atoms with Crippen molar-refractivity contribution in [3.63, 3.8) is 0 Å². The van der Waals surface area contributed by atoms with Gasteiger partial charge in [-0.1, -0.05) is 56.4 Å². The van der Waals surface area contributed by atoms with Crippen molar-refractivity contribution in [3.05, 3.63) is 35.4 Å². The Balaban J connectivity index is 1.73. The van der Waals surface area contributed by atoms with Gasteiger partial charge in [0.05, 0.1) is 7.11 Å². The molecule has 1 aromatic carbocycles. The summed E-state index contributed by atoms with van der Waals surface area (Å²) in [5, 5.41) is 0. The number of esters is 1. The number of methoxy groups -OCH3 is 1. The van der Waals surface area contributed by atoms with Crippen molar-refractivity contribution in [3.8, 4) is 0 Å². The lowest BCUT2D eigenvalue weighted by Crippen LogP contribution is -2.14. The summed E-state index contributed by atoms with van der Waals surface area (Å²) in [6, 6.07) is 8.75. The number of hydrogen-bond donors (Lipinski definition) is 1. The van der Waals surface area contributed by atoms with Gasteiger partial charge in [-0.2, -0.15) is 0 Å². The molecule has 0 radical (unpaired) electrons. The van der Waals surface area contributed by atoms with E-state index in [1.165, 1.54) is 56.8 Å². The molecule has 1 unspecified atom stereocenters. The molecule has 0 aromatic heterocycles. The van der Waals surface area contributed by atoms with E-state index in [0.29, 0.717) is 6.42 Å². The molecule has 0 heterocycles. The van der Waals surface area contributed by atoms with Crippen LogP contribution in [0.4, 0.5) is 0 Å². The Hall–Kier alpha value is -1.35. The number of carbonyl (C=O) groups excluding carboxylic acids is 1. The average molecular weight is 317 g/mol. The van der Waals surface area contributed by atoms with Crippen LogP contribution in [0, 0.1) is 5.92 Å². The molecule has 0 bridgehead atoms. The third-order valence-corrected chi connectivity index (χ3v) is 5.09. The van der Waals surface area contributed by atoms with Crippen molar-refractivity contribution in [1.82, 2.24) is 0 Å². The number of benzene rings is 1. The van der Waals surface area contributed by atoms with Gasteiger partial charge in [0, 0.05) is 12.5 Å². The summed E-state index contributed by atoms with van der Waals surface area (Å²) >= 11 is 0. The molecule has 0 saturated heterocycles. The van der Waals surface area contributed by atoms with Crippen LogP contribution in [-0.2, 0) is 16.0 Å². The molecule has 3 heteroatoms. The molecule has 1 atom stereocenters. The Kier molecular flexibility index (Phi) is 7.60. The molecule has 0 spiro atoms. The highest BCUT2D eigenvalue weighted by Gasteiger charge is 2.15. The first-order chi connectivity index (χ1) is 11.2. The van der Waals surface area contributed by atoms with Crippen LogP contribution in [0.15, 0.2) is 24.3 Å². The first kappa shape index (κ1) is 18.0. The van der Waals surface area contributed by atoms with Crippen LogP contribution in [0.5, 0.6) is 0 Å². The highest BCUT2D eigenvalue weighted by Crippen LogP contribution is 2.29. The molecule has 0 aliphatic heterocycles. The van der Waals surface area contributed by atoms with Gasteiger partial charge in [0.1, 0.15) is 0 Å². The zero-order valence-corrected chi connectivity index (χ0v) is 14.4. The Morgan fingerprint density at radius 3 is 2.57 bits per heavy atom. The number of rotatable bonds is 8. The third kappa shape index (κ3) is 6.34. The zero-order valence-electron chi connectivity index (χ0n) is 14.4. The normalized spacial score (nSPS) is 17.0. The molecule has 23 heavy (non-hydrogen) atoms. The van der Waals surface area contributed by atoms with Crippen molar-refractivity contribution in [1.29, 1.82) is 0 Å². The van der Waals surface area contributed by atoms with Crippen molar-refractivity contribution in [2.24, 2.45) is 11.7 Å². The highest BCUT2D eigenvalue weighted by atomic mass is 16.5. The van der Waals surface area contributed by atoms with Crippen LogP contribution in [-0.4, -0.2) is 13.1 Å². The second-order valence-electron chi connectivity index (χ2n) is 6.86. The monoisotopic (exact) mass is 317 g/mol. The predicted octanol–water partition coefficient (Wildman–Crippen LogP) is 4.54. The quantitative estimate of drug-likeness (QED) is 0.716. The summed E-state index contributed by atoms with van der Waals surface area (Å²) in [5.74, 6) is 0.763. The van der Waals surface area contributed by atoms with E-state index >= 15 is 0 Å². The van der Waals surface area contributed by atoms with Crippen molar-refractivity contribution >= 4 is 5.97 Å². The average Bonchev–Trinajstić information content (AvgIpc) is 2.61. The fourth-order valence-electron chi connectivity index (χ4n) is 3.53. The van der Waals surface area contributed by atoms with Gasteiger partial charge in [-0.3, -0.25) is 4.79 Å². The minimum atomic E-state index is -0.133. The van der Waals surface area contributed by atoms with Gasteiger partial charge >= 0.3 is 5.97 Å². The van der Waals surface area contributed by atoms with E-state index in [1.54, 1.807) is 0 Å². The van der Waals surface area contributed by atoms with Crippen LogP contribution in [0.3, 0.4) is 0 Å². The zero-order chi connectivity index (χ0) is 16.5. The van der Waals surface area contributed by atoms with E-state index in [-0.39, 0.29) is 12.0 Å². The third-order valence-electron chi connectivity index (χ3n) is 5.09. The van der Waals surface area contributed by atoms with Gasteiger partial charge in [-0.15, -0.1) is 0 Å². The molecule has 1 fully saturated rings. The van der Waals surface area contributed by atoms with Crippen molar-refractivity contribution < 1.29 is 9.53 Å². The summed E-state index contributed by atoms with van der Waals surface area (Å²) in [7, 11) is 1.44. The Labute approximate surface area is 140 Å². The lowest BCUT2D eigenvalue weighted by atomic mass is 9.84. The Bertz CT molecular complexity index is 463. The molecular formula is C20H31NO2. The molecule has 1 aliphatic rings. The van der Waals surface area contributed by atoms with E-state index in [9.17, 15) is 4.79 Å². The molecule has 1 aliphatic carbocycles. The maximum absolute atomic E-state index is 11.1. The van der Waals surface area contributed by atoms with Gasteiger partial charge in [0.2, 0.25) is 0 Å². The minimum absolute atomic E-state index is 0.133. The molecule has 0 amide bonds. The number of nitrogens with two attached hydrogens (primary N) is 1. The molecule has 2 rings (SSSR count). The first-order valence-corrected chi connectivity index (χ1v) is 9.10. The van der Waals surface area contributed by atoms with Crippen LogP contribution in [0.25, 0.3) is 0 Å². The predicted molar refractivity (Wildman–Crippen MR) is 94.1 cm³/mol. The van der Waals surface area contributed by atoms with E-state index < -0.39 is 0 Å². The summed E-state index contributed by atoms with van der Waals surface area (Å²) in [4.78, 5) is 11.1. The van der Waals surface area contributed by atoms with Gasteiger partial charge < -0.3 is 10.5 Å². The molecule has 2 N–H and O–H groups in total. The fourth-order valence-corrected chi connectivity index (χ4v) is 3.53. The molecule has 3 nitrogen and oxygen atoms in total. The minimum Gasteiger partial charge on any atom is -0.469 e. The number of carbonyl (C=O) groups is 1. The fraction of sp³-hybridized carbons (Fsp3) is 0.650. The lowest BCUT2D eigenvalue weighted by Gasteiger charge is -2.23. The largest absolute Gasteiger partial charge is 0.469 e. The number of hydrogen-bond acceptors (Lipinski definition) is 3. The molecule has 1 aromatic rings. The Morgan fingerprint density at radius 2 is 1.91 bits per heavy atom. The summed E-state index contributed by atoms with van der Waals surface area (Å²) in [6.07, 6.45) is 11.6. The molecular weight excluding hydrogens is 286 g/mol. The summed E-state index contributed by atoms with van der Waals surface area (Å²) in [5.41, 5.74) is 8.85. The first-order valence-electron chi connectivity index (χ1n) is 9.10. The van der Waals surface area contributed by atoms with E-state index in [1.807, 2.05) is 0 Å². The Morgan fingerprint density at radius 1 is 1.22 bits per heavy atom. The van der Waals surface area contributed by atoms with Gasteiger partial charge in [-0.25, -0.2) is 0 Å². The number of ether oxygens (including phenoxy) is 1. The number of aryl methyl sites for hydroxylation is 1. The van der Waals surface area contributed by atoms with Crippen LogP contribution in [0.2, 0.25) is 0 Å². The lowest BCUT2D eigenvalue weighted by molar-refractivity contribution is -0.140. The van der Waals surface area contributed by atoms with Crippen LogP contribution >= 0.6 is 0 Å². The SMILES string of the molecule is COC(=O)CCCc1ccc(C(N)CCC2CCCCC2)cc1. The summed E-state index contributed by atoms with van der Waals surface area (Å²) in [6.45, 7) is 0. The van der Waals surface area contributed by atoms with Crippen molar-refractivity contribution in [2.45, 2.75) is 70.3 Å². The van der Waals surface area contributed by atoms with Gasteiger partial charge in [-0.05, 0) is 42.7 Å². The van der Waals surface area contributed by atoms with Crippen LogP contribution < -0.4 is 5.73 Å². The van der Waals surface area contributed by atoms with Gasteiger partial charge in [0.15, 0.2) is 0 Å². The molecule has 1 saturated carbocycles. The standard InChI is InChI=1S/C20H31NO2/c1-23-20(22)9-5-8-17-10-13-18(14-11-17)19(21)15-12-16-6-3-2-4-7-16/h10-11,13-14,16,19H,2-9,12,15,21H2,1H3. The van der Waals surface area contributed by atoms with E-state index in [2.05, 4.69) is 29.0 Å². The second kappa shape index (κ2) is 9.71. The van der Waals surface area contributed by atoms with E-state index in [4.69, 9.17) is 5.73 Å².